The van der Waals surface area contributed by atoms with Crippen LogP contribution in [0.2, 0.25) is 0 Å². The number of benzene rings is 1. The molecular weight excluding hydrogens is 408 g/mol. The quantitative estimate of drug-likeness (QED) is 0.576. The second kappa shape index (κ2) is 7.36. The van der Waals surface area contributed by atoms with Gasteiger partial charge in [-0.2, -0.15) is 0 Å². The average Bonchev–Trinajstić information content (AvgIpc) is 2.64. The van der Waals surface area contributed by atoms with Gasteiger partial charge in [0.2, 0.25) is 5.95 Å². The minimum absolute atomic E-state index is 0.258. The van der Waals surface area contributed by atoms with Gasteiger partial charge < -0.3 is 15.7 Å². The molecule has 3 aromatic rings. The van der Waals surface area contributed by atoms with Gasteiger partial charge in [-0.05, 0) is 50.8 Å². The first-order chi connectivity index (χ1) is 13.0. The van der Waals surface area contributed by atoms with Crippen molar-refractivity contribution in [2.24, 2.45) is 0 Å². The molecule has 0 amide bonds. The molecule has 1 fully saturated rings. The molecular formula is C19H21BrN6O. The van der Waals surface area contributed by atoms with E-state index < -0.39 is 5.60 Å². The lowest BCUT2D eigenvalue weighted by Crippen LogP contribution is -2.36. The summed E-state index contributed by atoms with van der Waals surface area (Å²) in [4.78, 5) is 17.6. The predicted molar refractivity (Wildman–Crippen MR) is 109 cm³/mol. The number of anilines is 3. The monoisotopic (exact) mass is 428 g/mol. The number of aliphatic hydroxyl groups is 1. The number of hydrogen-bond donors (Lipinski definition) is 3. The molecule has 3 N–H and O–H groups in total. The Morgan fingerprint density at radius 3 is 2.78 bits per heavy atom. The van der Waals surface area contributed by atoms with Crippen LogP contribution in [0.5, 0.6) is 0 Å². The largest absolute Gasteiger partial charge is 0.390 e. The first kappa shape index (κ1) is 18.1. The molecule has 1 aromatic carbocycles. The Bertz CT molecular complexity index is 954. The highest BCUT2D eigenvalue weighted by Crippen LogP contribution is 2.29. The molecule has 4 rings (SSSR count). The van der Waals surface area contributed by atoms with E-state index in [9.17, 15) is 5.11 Å². The van der Waals surface area contributed by atoms with Crippen molar-refractivity contribution < 1.29 is 5.11 Å². The van der Waals surface area contributed by atoms with E-state index in [0.29, 0.717) is 22.8 Å². The molecule has 0 aliphatic heterocycles. The Morgan fingerprint density at radius 2 is 2.00 bits per heavy atom. The molecule has 2 heterocycles. The minimum atomic E-state index is -0.558. The highest BCUT2D eigenvalue weighted by atomic mass is 79.9. The van der Waals surface area contributed by atoms with Crippen molar-refractivity contribution in [1.82, 2.24) is 19.9 Å². The fraction of sp³-hybridized carbons (Fsp3) is 0.368. The van der Waals surface area contributed by atoms with E-state index in [2.05, 4.69) is 46.5 Å². The molecule has 0 unspecified atom stereocenters. The number of aromatic nitrogens is 4. The van der Waals surface area contributed by atoms with Gasteiger partial charge in [-0.25, -0.2) is 19.9 Å². The van der Waals surface area contributed by atoms with Gasteiger partial charge in [0.05, 0.1) is 11.8 Å². The van der Waals surface area contributed by atoms with Gasteiger partial charge in [-0.15, -0.1) is 0 Å². The van der Waals surface area contributed by atoms with Crippen LogP contribution in [0.3, 0.4) is 0 Å². The van der Waals surface area contributed by atoms with E-state index in [1.54, 1.807) is 6.20 Å². The standard InChI is InChI=1S/C19H21BrN6O/c1-19(27)7-5-13(6-8-19)25-18-21-10-15-16(26-18)17(23-11-22-15)24-14-4-2-3-12(20)9-14/h2-4,9-11,13,27H,5-8H2,1H3,(H,21,25,26)(H,22,23,24)/t13-,19-. The van der Waals surface area contributed by atoms with Crippen molar-refractivity contribution in [3.05, 3.63) is 41.3 Å². The van der Waals surface area contributed by atoms with E-state index in [-0.39, 0.29) is 6.04 Å². The third kappa shape index (κ3) is 4.33. The SMILES string of the molecule is C[C@]1(O)CC[C@H](Nc2ncc3ncnc(Nc4cccc(Br)c4)c3n2)CC1. The number of nitrogens with one attached hydrogen (secondary N) is 2. The van der Waals surface area contributed by atoms with Crippen LogP contribution in [0.4, 0.5) is 17.5 Å². The summed E-state index contributed by atoms with van der Waals surface area (Å²) in [6.07, 6.45) is 6.54. The molecule has 0 spiro atoms. The summed E-state index contributed by atoms with van der Waals surface area (Å²) in [7, 11) is 0. The topological polar surface area (TPSA) is 95.9 Å². The van der Waals surface area contributed by atoms with E-state index >= 15 is 0 Å². The number of halogens is 1. The number of hydrogen-bond acceptors (Lipinski definition) is 7. The molecule has 7 nitrogen and oxygen atoms in total. The van der Waals surface area contributed by atoms with Crippen LogP contribution in [0, 0.1) is 0 Å². The van der Waals surface area contributed by atoms with E-state index in [1.807, 2.05) is 31.2 Å². The third-order valence-corrected chi connectivity index (χ3v) is 5.35. The van der Waals surface area contributed by atoms with E-state index in [0.717, 1.165) is 35.8 Å². The molecule has 0 atom stereocenters. The zero-order valence-corrected chi connectivity index (χ0v) is 16.6. The van der Waals surface area contributed by atoms with E-state index in [4.69, 9.17) is 0 Å². The fourth-order valence-corrected chi connectivity index (χ4v) is 3.68. The van der Waals surface area contributed by atoms with Crippen LogP contribution in [0.15, 0.2) is 41.3 Å². The second-order valence-corrected chi connectivity index (χ2v) is 8.12. The summed E-state index contributed by atoms with van der Waals surface area (Å²) < 4.78 is 0.982. The number of fused-ring (bicyclic) bond motifs is 1. The number of nitrogens with zero attached hydrogens (tertiary/aromatic N) is 4. The average molecular weight is 429 g/mol. The minimum Gasteiger partial charge on any atom is -0.390 e. The summed E-state index contributed by atoms with van der Waals surface area (Å²) in [6, 6.07) is 8.12. The summed E-state index contributed by atoms with van der Waals surface area (Å²) in [5, 5.41) is 16.8. The Kier molecular flexibility index (Phi) is 4.92. The highest BCUT2D eigenvalue weighted by Gasteiger charge is 2.28. The molecule has 0 bridgehead atoms. The van der Waals surface area contributed by atoms with Gasteiger partial charge in [0.25, 0.3) is 0 Å². The van der Waals surface area contributed by atoms with Crippen molar-refractivity contribution in [1.29, 1.82) is 0 Å². The maximum atomic E-state index is 10.1. The van der Waals surface area contributed by atoms with Gasteiger partial charge in [0.1, 0.15) is 17.4 Å². The summed E-state index contributed by atoms with van der Waals surface area (Å²) in [6.45, 7) is 1.90. The van der Waals surface area contributed by atoms with Gasteiger partial charge in [-0.3, -0.25) is 0 Å². The first-order valence-corrected chi connectivity index (χ1v) is 9.77. The van der Waals surface area contributed by atoms with Crippen molar-refractivity contribution in [2.45, 2.75) is 44.2 Å². The molecule has 140 valence electrons. The van der Waals surface area contributed by atoms with Crippen LogP contribution in [0.1, 0.15) is 32.6 Å². The Balaban J connectivity index is 1.57. The summed E-state index contributed by atoms with van der Waals surface area (Å²) in [5.41, 5.74) is 1.70. The predicted octanol–water partition coefficient (Wildman–Crippen LogP) is 4.03. The smallest absolute Gasteiger partial charge is 0.223 e. The van der Waals surface area contributed by atoms with Crippen molar-refractivity contribution in [2.75, 3.05) is 10.6 Å². The normalized spacial score (nSPS) is 22.6. The van der Waals surface area contributed by atoms with Gasteiger partial charge in [0, 0.05) is 16.2 Å². The molecule has 27 heavy (non-hydrogen) atoms. The van der Waals surface area contributed by atoms with Gasteiger partial charge >= 0.3 is 0 Å². The fourth-order valence-electron chi connectivity index (χ4n) is 3.28. The Morgan fingerprint density at radius 1 is 1.19 bits per heavy atom. The van der Waals surface area contributed by atoms with Crippen LogP contribution in [0.25, 0.3) is 11.0 Å². The molecule has 1 aliphatic carbocycles. The van der Waals surface area contributed by atoms with E-state index in [1.165, 1.54) is 6.33 Å². The van der Waals surface area contributed by atoms with Crippen molar-refractivity contribution >= 4 is 44.4 Å². The summed E-state index contributed by atoms with van der Waals surface area (Å²) >= 11 is 3.47. The van der Waals surface area contributed by atoms with Crippen LogP contribution in [-0.2, 0) is 0 Å². The Hall–Kier alpha value is -2.32. The lowest BCUT2D eigenvalue weighted by Gasteiger charge is -2.33. The molecule has 2 aromatic heterocycles. The lowest BCUT2D eigenvalue weighted by atomic mass is 9.84. The van der Waals surface area contributed by atoms with Crippen molar-refractivity contribution in [3.63, 3.8) is 0 Å². The highest BCUT2D eigenvalue weighted by molar-refractivity contribution is 9.10. The molecule has 1 aliphatic rings. The molecule has 0 saturated heterocycles. The summed E-state index contributed by atoms with van der Waals surface area (Å²) in [5.74, 6) is 1.19. The molecule has 0 radical (unpaired) electrons. The maximum absolute atomic E-state index is 10.1. The maximum Gasteiger partial charge on any atom is 0.223 e. The van der Waals surface area contributed by atoms with Crippen LogP contribution in [-0.4, -0.2) is 36.7 Å². The van der Waals surface area contributed by atoms with Crippen molar-refractivity contribution in [3.8, 4) is 0 Å². The Labute approximate surface area is 165 Å². The second-order valence-electron chi connectivity index (χ2n) is 7.20. The lowest BCUT2D eigenvalue weighted by molar-refractivity contribution is 0.0196. The molecule has 1 saturated carbocycles. The van der Waals surface area contributed by atoms with Gasteiger partial charge in [0.15, 0.2) is 5.82 Å². The first-order valence-electron chi connectivity index (χ1n) is 8.98. The number of rotatable bonds is 4. The van der Waals surface area contributed by atoms with Crippen LogP contribution < -0.4 is 10.6 Å². The van der Waals surface area contributed by atoms with Gasteiger partial charge in [-0.1, -0.05) is 22.0 Å². The van der Waals surface area contributed by atoms with Crippen LogP contribution >= 0.6 is 15.9 Å². The molecule has 8 heteroatoms. The zero-order valence-electron chi connectivity index (χ0n) is 15.0. The zero-order chi connectivity index (χ0) is 18.9. The third-order valence-electron chi connectivity index (χ3n) is 4.86.